The average Bonchev–Trinajstić information content (AvgIpc) is 3.44. The molecule has 4 heterocycles. The number of thiazole rings is 1. The van der Waals surface area contributed by atoms with Crippen molar-refractivity contribution < 1.29 is 13.2 Å². The lowest BCUT2D eigenvalue weighted by Crippen LogP contribution is -2.39. The van der Waals surface area contributed by atoms with Gasteiger partial charge in [0.2, 0.25) is 0 Å². The number of hydrogen-bond acceptors (Lipinski definition) is 8. The van der Waals surface area contributed by atoms with E-state index in [0.29, 0.717) is 23.8 Å². The van der Waals surface area contributed by atoms with Gasteiger partial charge in [-0.3, -0.25) is 4.98 Å². The third kappa shape index (κ3) is 3.59. The maximum atomic E-state index is 12.5. The number of likely N-dealkylation sites (N-methyl/N-ethyl adjacent to an activating group) is 1. The van der Waals surface area contributed by atoms with Gasteiger partial charge in [-0.15, -0.1) is 11.3 Å². The third-order valence-electron chi connectivity index (χ3n) is 6.14. The first kappa shape index (κ1) is 21.1. The molecule has 1 atom stereocenters. The maximum Gasteiger partial charge on any atom is 0.190 e. The van der Waals surface area contributed by atoms with Crippen LogP contribution in [0.15, 0.2) is 68.7 Å². The Kier molecular flexibility index (Phi) is 5.25. The van der Waals surface area contributed by atoms with Crippen LogP contribution in [0.3, 0.4) is 0 Å². The lowest BCUT2D eigenvalue weighted by molar-refractivity contribution is 0.278. The van der Waals surface area contributed by atoms with Gasteiger partial charge in [-0.1, -0.05) is 25.1 Å². The molecule has 1 aromatic heterocycles. The summed E-state index contributed by atoms with van der Waals surface area (Å²) >= 11 is 1.56. The second-order valence-electron chi connectivity index (χ2n) is 8.16. The molecule has 1 unspecified atom stereocenters. The van der Waals surface area contributed by atoms with E-state index >= 15 is 0 Å². The summed E-state index contributed by atoms with van der Waals surface area (Å²) in [5.74, 6) is 1.47. The molecule has 2 aromatic rings. The van der Waals surface area contributed by atoms with Crippen molar-refractivity contribution in [2.24, 2.45) is 15.4 Å². The molecule has 0 radical (unpaired) electrons. The van der Waals surface area contributed by atoms with Crippen LogP contribution in [-0.4, -0.2) is 49.4 Å². The highest BCUT2D eigenvalue weighted by molar-refractivity contribution is 7.91. The van der Waals surface area contributed by atoms with Crippen molar-refractivity contribution in [3.63, 3.8) is 0 Å². The Morgan fingerprint density at radius 2 is 2.16 bits per heavy atom. The maximum absolute atomic E-state index is 12.5. The van der Waals surface area contributed by atoms with Gasteiger partial charge in [0.05, 0.1) is 32.1 Å². The zero-order valence-electron chi connectivity index (χ0n) is 18.0. The van der Waals surface area contributed by atoms with Crippen LogP contribution in [0.4, 0.5) is 0 Å². The molecule has 3 aliphatic heterocycles. The van der Waals surface area contributed by atoms with Crippen LogP contribution in [0.5, 0.6) is 0 Å². The smallest absolute Gasteiger partial charge is 0.190 e. The normalized spacial score (nSPS) is 22.4. The Bertz CT molecular complexity index is 1280. The first-order valence-corrected chi connectivity index (χ1v) is 13.1. The van der Waals surface area contributed by atoms with Gasteiger partial charge in [0.1, 0.15) is 12.4 Å². The van der Waals surface area contributed by atoms with E-state index in [4.69, 9.17) is 14.7 Å². The third-order valence-corrected chi connectivity index (χ3v) is 8.62. The van der Waals surface area contributed by atoms with Crippen LogP contribution in [0.25, 0.3) is 5.70 Å². The minimum atomic E-state index is -3.30. The summed E-state index contributed by atoms with van der Waals surface area (Å²) in [5, 5.41) is 0. The van der Waals surface area contributed by atoms with Crippen LogP contribution >= 0.6 is 11.3 Å². The molecule has 1 spiro atoms. The fourth-order valence-electron chi connectivity index (χ4n) is 4.33. The van der Waals surface area contributed by atoms with Gasteiger partial charge in [-0.2, -0.15) is 0 Å². The second-order valence-corrected chi connectivity index (χ2v) is 11.4. The highest BCUT2D eigenvalue weighted by Gasteiger charge is 2.48. The van der Waals surface area contributed by atoms with E-state index < -0.39 is 9.84 Å². The van der Waals surface area contributed by atoms with Crippen LogP contribution in [0, 0.1) is 5.41 Å². The number of aromatic nitrogens is 1. The lowest BCUT2D eigenvalue weighted by Gasteiger charge is -2.38. The summed E-state index contributed by atoms with van der Waals surface area (Å²) in [6, 6.07) is 7.10. The molecular formula is C23H24N4O3S2. The van der Waals surface area contributed by atoms with Gasteiger partial charge in [0, 0.05) is 31.8 Å². The molecule has 166 valence electrons. The van der Waals surface area contributed by atoms with Crippen LogP contribution in [0.2, 0.25) is 0 Å². The lowest BCUT2D eigenvalue weighted by atomic mass is 9.72. The molecule has 7 nitrogen and oxygen atoms in total. The molecule has 0 N–H and O–H groups in total. The minimum Gasteiger partial charge on any atom is -0.475 e. The minimum absolute atomic E-state index is 0.0665. The van der Waals surface area contributed by atoms with Gasteiger partial charge in [0.15, 0.2) is 15.7 Å². The van der Waals surface area contributed by atoms with E-state index in [-0.39, 0.29) is 11.2 Å². The van der Waals surface area contributed by atoms with Crippen molar-refractivity contribution in [3.05, 3.63) is 64.3 Å². The SMILES string of the molecule is CCS(=O)(=O)c1cccc(C2=C3CN(C)C=CC34CCC(OCc3cncs3)=NC4=N2)c1. The predicted octanol–water partition coefficient (Wildman–Crippen LogP) is 3.91. The molecule has 32 heavy (non-hydrogen) atoms. The summed E-state index contributed by atoms with van der Waals surface area (Å²) in [7, 11) is -1.28. The van der Waals surface area contributed by atoms with Gasteiger partial charge < -0.3 is 9.64 Å². The first-order chi connectivity index (χ1) is 15.4. The fourth-order valence-corrected chi connectivity index (χ4v) is 5.76. The summed E-state index contributed by atoms with van der Waals surface area (Å²) < 4.78 is 30.9. The zero-order valence-corrected chi connectivity index (χ0v) is 19.6. The van der Waals surface area contributed by atoms with E-state index in [2.05, 4.69) is 22.2 Å². The van der Waals surface area contributed by atoms with E-state index in [0.717, 1.165) is 40.5 Å². The van der Waals surface area contributed by atoms with Crippen molar-refractivity contribution >= 4 is 38.6 Å². The molecule has 9 heteroatoms. The van der Waals surface area contributed by atoms with Gasteiger partial charge in [-0.05, 0) is 30.3 Å². The number of rotatable bonds is 5. The van der Waals surface area contributed by atoms with Crippen molar-refractivity contribution in [1.29, 1.82) is 0 Å². The van der Waals surface area contributed by atoms with Crippen LogP contribution in [0.1, 0.15) is 30.2 Å². The largest absolute Gasteiger partial charge is 0.475 e. The standard InChI is InChI=1S/C23H24N4O3S2/c1-3-32(28,29)18-6-4-5-16(11-18)21-19-13-27(2)10-9-23(19)8-7-20(25-22(23)26-21)30-14-17-12-24-15-31-17/h4-6,9-12,15H,3,7-8,13-14H2,1-2H3. The number of nitrogens with zero attached hydrogens (tertiary/aromatic N) is 4. The molecule has 5 rings (SSSR count). The number of amidine groups is 1. The Balaban J connectivity index is 1.54. The summed E-state index contributed by atoms with van der Waals surface area (Å²) in [6.45, 7) is 2.83. The molecule has 1 aromatic carbocycles. The van der Waals surface area contributed by atoms with E-state index in [1.807, 2.05) is 13.1 Å². The van der Waals surface area contributed by atoms with Gasteiger partial charge in [0.25, 0.3) is 0 Å². The van der Waals surface area contributed by atoms with E-state index in [1.165, 1.54) is 0 Å². The second kappa shape index (κ2) is 7.97. The monoisotopic (exact) mass is 468 g/mol. The number of sulfone groups is 1. The Hall–Kier alpha value is -2.78. The predicted molar refractivity (Wildman–Crippen MR) is 126 cm³/mol. The van der Waals surface area contributed by atoms with Gasteiger partial charge >= 0.3 is 0 Å². The van der Waals surface area contributed by atoms with E-state index in [9.17, 15) is 8.42 Å². The highest BCUT2D eigenvalue weighted by Crippen LogP contribution is 2.50. The quantitative estimate of drug-likeness (QED) is 0.664. The molecule has 0 aliphatic carbocycles. The highest BCUT2D eigenvalue weighted by atomic mass is 32.2. The fraction of sp³-hybridized carbons (Fsp3) is 0.348. The molecule has 0 bridgehead atoms. The number of hydrogen-bond donors (Lipinski definition) is 0. The summed E-state index contributed by atoms with van der Waals surface area (Å²) in [6.07, 6.45) is 7.60. The Morgan fingerprint density at radius 1 is 1.28 bits per heavy atom. The number of aliphatic imine (C=N–C) groups is 2. The summed E-state index contributed by atoms with van der Waals surface area (Å²) in [5.41, 5.74) is 4.21. The number of benzene rings is 1. The molecular weight excluding hydrogens is 444 g/mol. The van der Waals surface area contributed by atoms with Crippen molar-refractivity contribution in [3.8, 4) is 0 Å². The molecule has 0 amide bonds. The van der Waals surface area contributed by atoms with Crippen LogP contribution in [-0.2, 0) is 21.2 Å². The summed E-state index contributed by atoms with van der Waals surface area (Å²) in [4.78, 5) is 17.3. The molecule has 3 aliphatic rings. The van der Waals surface area contributed by atoms with Crippen molar-refractivity contribution in [1.82, 2.24) is 9.88 Å². The molecule has 0 fully saturated rings. The van der Waals surface area contributed by atoms with Crippen LogP contribution < -0.4 is 0 Å². The molecule has 0 saturated heterocycles. The first-order valence-electron chi connectivity index (χ1n) is 10.5. The topological polar surface area (TPSA) is 84.2 Å². The number of ether oxygens (including phenoxy) is 1. The van der Waals surface area contributed by atoms with Gasteiger partial charge in [-0.25, -0.2) is 18.4 Å². The molecule has 0 saturated carbocycles. The van der Waals surface area contributed by atoms with Crippen molar-refractivity contribution in [2.75, 3.05) is 19.3 Å². The zero-order chi connectivity index (χ0) is 22.3. The average molecular weight is 469 g/mol. The van der Waals surface area contributed by atoms with Crippen molar-refractivity contribution in [2.45, 2.75) is 31.3 Å². The Morgan fingerprint density at radius 3 is 2.94 bits per heavy atom. The Labute approximate surface area is 191 Å². The van der Waals surface area contributed by atoms with E-state index in [1.54, 1.807) is 48.2 Å².